The van der Waals surface area contributed by atoms with Gasteiger partial charge in [0.2, 0.25) is 0 Å². The van der Waals surface area contributed by atoms with Crippen LogP contribution in [-0.2, 0) is 6.42 Å². The Kier molecular flexibility index (Phi) is 7.31. The second-order valence-corrected chi connectivity index (χ2v) is 8.25. The second-order valence-electron chi connectivity index (χ2n) is 8.25. The van der Waals surface area contributed by atoms with Crippen LogP contribution in [0.3, 0.4) is 0 Å². The van der Waals surface area contributed by atoms with E-state index >= 15 is 0 Å². The van der Waals surface area contributed by atoms with E-state index in [9.17, 15) is 4.79 Å². The Hall–Kier alpha value is -2.08. The molecule has 2 aliphatic carbocycles. The molecule has 1 aromatic rings. The SMILES string of the molecule is CN=C(NCCc1cccc(C(=O)N(C)C)c1)NCCN(CC1CC1)C1CC1. The number of guanidine groups is 1. The lowest BCUT2D eigenvalue weighted by molar-refractivity contribution is 0.0827. The number of aliphatic imine (C=N–C) groups is 1. The molecule has 0 aromatic heterocycles. The summed E-state index contributed by atoms with van der Waals surface area (Å²) in [4.78, 5) is 20.7. The van der Waals surface area contributed by atoms with Gasteiger partial charge in [-0.2, -0.15) is 0 Å². The third-order valence-corrected chi connectivity index (χ3v) is 5.45. The fourth-order valence-electron chi connectivity index (χ4n) is 3.48. The maximum atomic E-state index is 12.1. The van der Waals surface area contributed by atoms with E-state index in [4.69, 9.17) is 0 Å². The molecular weight excluding hydrogens is 350 g/mol. The van der Waals surface area contributed by atoms with Crippen molar-refractivity contribution in [3.05, 3.63) is 35.4 Å². The van der Waals surface area contributed by atoms with Crippen LogP contribution in [-0.4, -0.2) is 75.0 Å². The molecule has 2 saturated carbocycles. The first kappa shape index (κ1) is 20.6. The van der Waals surface area contributed by atoms with Crippen LogP contribution >= 0.6 is 0 Å². The van der Waals surface area contributed by atoms with Gasteiger partial charge in [-0.3, -0.25) is 14.7 Å². The molecule has 0 atom stereocenters. The Morgan fingerprint density at radius 2 is 1.89 bits per heavy atom. The van der Waals surface area contributed by atoms with E-state index in [1.54, 1.807) is 19.0 Å². The molecule has 1 amide bonds. The van der Waals surface area contributed by atoms with E-state index in [0.717, 1.165) is 55.1 Å². The highest BCUT2D eigenvalue weighted by Crippen LogP contribution is 2.34. The lowest BCUT2D eigenvalue weighted by atomic mass is 10.1. The standard InChI is InChI=1S/C22H35N5O/c1-23-22(25-13-14-27(20-9-10-20)16-18-7-8-18)24-12-11-17-5-4-6-19(15-17)21(28)26(2)3/h4-6,15,18,20H,7-14,16H2,1-3H3,(H2,23,24,25). The van der Waals surface area contributed by atoms with Crippen LogP contribution in [0.4, 0.5) is 0 Å². The van der Waals surface area contributed by atoms with Crippen molar-refractivity contribution in [2.24, 2.45) is 10.9 Å². The second kappa shape index (κ2) is 9.92. The van der Waals surface area contributed by atoms with Gasteiger partial charge in [0.1, 0.15) is 0 Å². The molecule has 0 saturated heterocycles. The average Bonchev–Trinajstić information content (AvgIpc) is 3.59. The Balaban J connectivity index is 1.38. The van der Waals surface area contributed by atoms with Crippen molar-refractivity contribution in [1.82, 2.24) is 20.4 Å². The van der Waals surface area contributed by atoms with Crippen molar-refractivity contribution in [2.75, 3.05) is 47.3 Å². The van der Waals surface area contributed by atoms with Gasteiger partial charge in [0.15, 0.2) is 5.96 Å². The molecule has 1 aromatic carbocycles. The molecule has 0 heterocycles. The molecule has 6 nitrogen and oxygen atoms in total. The zero-order valence-electron chi connectivity index (χ0n) is 17.6. The molecule has 3 rings (SSSR count). The number of carbonyl (C=O) groups is 1. The van der Waals surface area contributed by atoms with Crippen molar-refractivity contribution in [2.45, 2.75) is 38.1 Å². The summed E-state index contributed by atoms with van der Waals surface area (Å²) < 4.78 is 0. The largest absolute Gasteiger partial charge is 0.356 e. The quantitative estimate of drug-likeness (QED) is 0.478. The van der Waals surface area contributed by atoms with Gasteiger partial charge in [0.25, 0.3) is 5.91 Å². The molecule has 28 heavy (non-hydrogen) atoms. The van der Waals surface area contributed by atoms with Gasteiger partial charge < -0.3 is 15.5 Å². The molecule has 0 bridgehead atoms. The predicted molar refractivity (Wildman–Crippen MR) is 115 cm³/mol. The fraction of sp³-hybridized carbons (Fsp3) is 0.636. The van der Waals surface area contributed by atoms with E-state index in [2.05, 4.69) is 26.6 Å². The Morgan fingerprint density at radius 3 is 2.54 bits per heavy atom. The van der Waals surface area contributed by atoms with E-state index < -0.39 is 0 Å². The molecule has 0 aliphatic heterocycles. The van der Waals surface area contributed by atoms with E-state index in [1.165, 1.54) is 32.2 Å². The minimum absolute atomic E-state index is 0.0405. The normalized spacial score (nSPS) is 16.9. The molecule has 0 spiro atoms. The first-order chi connectivity index (χ1) is 13.6. The van der Waals surface area contributed by atoms with Crippen molar-refractivity contribution in [3.8, 4) is 0 Å². The zero-order chi connectivity index (χ0) is 19.9. The number of hydrogen-bond donors (Lipinski definition) is 2. The average molecular weight is 386 g/mol. The highest BCUT2D eigenvalue weighted by molar-refractivity contribution is 5.94. The van der Waals surface area contributed by atoms with Crippen LogP contribution in [0.25, 0.3) is 0 Å². The minimum Gasteiger partial charge on any atom is -0.356 e. The van der Waals surface area contributed by atoms with Crippen LogP contribution < -0.4 is 10.6 Å². The Labute approximate surface area is 169 Å². The lowest BCUT2D eigenvalue weighted by Gasteiger charge is -2.22. The first-order valence-electron chi connectivity index (χ1n) is 10.6. The van der Waals surface area contributed by atoms with Gasteiger partial charge in [-0.15, -0.1) is 0 Å². The van der Waals surface area contributed by atoms with Gasteiger partial charge in [0.05, 0.1) is 0 Å². The summed E-state index contributed by atoms with van der Waals surface area (Å²) in [5.74, 6) is 1.84. The van der Waals surface area contributed by atoms with Crippen molar-refractivity contribution in [3.63, 3.8) is 0 Å². The predicted octanol–water partition coefficient (Wildman–Crippen LogP) is 1.97. The number of hydrogen-bond acceptors (Lipinski definition) is 3. The number of rotatable bonds is 10. The molecule has 0 unspecified atom stereocenters. The van der Waals surface area contributed by atoms with Crippen LogP contribution in [0.2, 0.25) is 0 Å². The fourth-order valence-corrected chi connectivity index (χ4v) is 3.48. The number of carbonyl (C=O) groups excluding carboxylic acids is 1. The zero-order valence-corrected chi connectivity index (χ0v) is 17.6. The summed E-state index contributed by atoms with van der Waals surface area (Å²) in [6.45, 7) is 4.08. The summed E-state index contributed by atoms with van der Waals surface area (Å²) in [6.07, 6.45) is 6.43. The van der Waals surface area contributed by atoms with Crippen LogP contribution in [0.1, 0.15) is 41.6 Å². The molecule has 6 heteroatoms. The molecule has 2 fully saturated rings. The van der Waals surface area contributed by atoms with Crippen molar-refractivity contribution < 1.29 is 4.79 Å². The molecule has 0 radical (unpaired) electrons. The Bertz CT molecular complexity index is 679. The maximum Gasteiger partial charge on any atom is 0.253 e. The van der Waals surface area contributed by atoms with Crippen molar-refractivity contribution in [1.29, 1.82) is 0 Å². The number of benzene rings is 1. The number of nitrogens with zero attached hydrogens (tertiary/aromatic N) is 3. The Morgan fingerprint density at radius 1 is 1.14 bits per heavy atom. The van der Waals surface area contributed by atoms with Crippen LogP contribution in [0.5, 0.6) is 0 Å². The third-order valence-electron chi connectivity index (χ3n) is 5.45. The summed E-state index contributed by atoms with van der Waals surface area (Å²) in [7, 11) is 5.37. The van der Waals surface area contributed by atoms with Crippen LogP contribution in [0, 0.1) is 5.92 Å². The van der Waals surface area contributed by atoms with Gasteiger partial charge in [-0.05, 0) is 55.7 Å². The van der Waals surface area contributed by atoms with E-state index in [1.807, 2.05) is 25.2 Å². The van der Waals surface area contributed by atoms with E-state index in [0.29, 0.717) is 0 Å². The monoisotopic (exact) mass is 385 g/mol. The number of nitrogens with one attached hydrogen (secondary N) is 2. The minimum atomic E-state index is 0.0405. The molecule has 2 aliphatic rings. The first-order valence-corrected chi connectivity index (χ1v) is 10.6. The summed E-state index contributed by atoms with van der Waals surface area (Å²) >= 11 is 0. The van der Waals surface area contributed by atoms with E-state index in [-0.39, 0.29) is 5.91 Å². The smallest absolute Gasteiger partial charge is 0.253 e. The lowest BCUT2D eigenvalue weighted by Crippen LogP contribution is -2.43. The maximum absolute atomic E-state index is 12.1. The highest BCUT2D eigenvalue weighted by Gasteiger charge is 2.33. The molecule has 154 valence electrons. The van der Waals surface area contributed by atoms with Gasteiger partial charge in [-0.25, -0.2) is 0 Å². The summed E-state index contributed by atoms with van der Waals surface area (Å²) in [5.41, 5.74) is 1.89. The van der Waals surface area contributed by atoms with Gasteiger partial charge in [0, 0.05) is 58.9 Å². The van der Waals surface area contributed by atoms with Crippen molar-refractivity contribution >= 4 is 11.9 Å². The topological polar surface area (TPSA) is 60.0 Å². The van der Waals surface area contributed by atoms with Gasteiger partial charge in [-0.1, -0.05) is 12.1 Å². The highest BCUT2D eigenvalue weighted by atomic mass is 16.2. The molecule has 2 N–H and O–H groups in total. The summed E-state index contributed by atoms with van der Waals surface area (Å²) in [6, 6.07) is 8.69. The van der Waals surface area contributed by atoms with Gasteiger partial charge >= 0.3 is 0 Å². The molecular formula is C22H35N5O. The summed E-state index contributed by atoms with van der Waals surface area (Å²) in [5, 5.41) is 6.83. The third kappa shape index (κ3) is 6.51. The number of amides is 1. The van der Waals surface area contributed by atoms with Crippen LogP contribution in [0.15, 0.2) is 29.3 Å².